The Kier molecular flexibility index (Phi) is 6.79. The van der Waals surface area contributed by atoms with Crippen LogP contribution in [0.5, 0.6) is 0 Å². The first-order valence-corrected chi connectivity index (χ1v) is 7.38. The number of likely N-dealkylation sites (tertiary alicyclic amines) is 1. The molecule has 3 nitrogen and oxygen atoms in total. The second kappa shape index (κ2) is 7.86. The highest BCUT2D eigenvalue weighted by Crippen LogP contribution is 2.31. The van der Waals surface area contributed by atoms with Crippen molar-refractivity contribution in [2.75, 3.05) is 13.1 Å². The van der Waals surface area contributed by atoms with E-state index in [2.05, 4.69) is 6.92 Å². The molecule has 0 radical (unpaired) electrons. The summed E-state index contributed by atoms with van der Waals surface area (Å²) in [5.74, 6) is -0.961. The van der Waals surface area contributed by atoms with Crippen LogP contribution in [0.25, 0.3) is 0 Å². The Morgan fingerprint density at radius 3 is 2.55 bits per heavy atom. The number of alkyl halides is 3. The molecule has 1 saturated heterocycles. The van der Waals surface area contributed by atoms with Crippen molar-refractivity contribution in [3.05, 3.63) is 0 Å². The van der Waals surface area contributed by atoms with Crippen LogP contribution in [0.3, 0.4) is 0 Å². The normalized spacial score (nSPS) is 21.2. The van der Waals surface area contributed by atoms with Crippen molar-refractivity contribution in [2.24, 2.45) is 5.92 Å². The molecule has 2 atom stereocenters. The number of carbonyl (C=O) groups excluding carboxylic acids is 1. The van der Waals surface area contributed by atoms with Gasteiger partial charge in [-0.3, -0.25) is 4.79 Å². The van der Waals surface area contributed by atoms with Gasteiger partial charge in [-0.05, 0) is 12.8 Å². The maximum absolute atomic E-state index is 12.4. The first kappa shape index (κ1) is 17.3. The Hall–Kier alpha value is -0.780. The molecule has 1 aliphatic heterocycles. The van der Waals surface area contributed by atoms with Crippen molar-refractivity contribution in [3.8, 4) is 0 Å². The van der Waals surface area contributed by atoms with E-state index >= 15 is 0 Å². The standard InChI is InChI=1S/C14H24F3NO2/c1-2-3-4-5-6-7-12(19)18-9-8-11(10-18)13(20)14(15,16)17/h11,13,20H,2-10H2,1H3/t11-,13-/m1/s1. The van der Waals surface area contributed by atoms with E-state index in [0.29, 0.717) is 13.0 Å². The smallest absolute Gasteiger partial charge is 0.383 e. The Bertz CT molecular complexity index is 307. The Labute approximate surface area is 118 Å². The van der Waals surface area contributed by atoms with Gasteiger partial charge in [-0.25, -0.2) is 0 Å². The van der Waals surface area contributed by atoms with Crippen molar-refractivity contribution >= 4 is 5.91 Å². The van der Waals surface area contributed by atoms with Gasteiger partial charge < -0.3 is 10.0 Å². The molecule has 1 amide bonds. The van der Waals surface area contributed by atoms with E-state index < -0.39 is 18.2 Å². The van der Waals surface area contributed by atoms with E-state index in [0.717, 1.165) is 32.1 Å². The Morgan fingerprint density at radius 2 is 1.95 bits per heavy atom. The van der Waals surface area contributed by atoms with Crippen LogP contribution in [0.1, 0.15) is 51.9 Å². The molecule has 0 aromatic heterocycles. The van der Waals surface area contributed by atoms with Crippen LogP contribution in [0, 0.1) is 5.92 Å². The Morgan fingerprint density at radius 1 is 1.30 bits per heavy atom. The summed E-state index contributed by atoms with van der Waals surface area (Å²) in [6.07, 6.45) is -1.12. The van der Waals surface area contributed by atoms with E-state index in [1.807, 2.05) is 0 Å². The Balaban J connectivity index is 2.27. The van der Waals surface area contributed by atoms with Gasteiger partial charge in [0.05, 0.1) is 0 Å². The highest BCUT2D eigenvalue weighted by molar-refractivity contribution is 5.76. The highest BCUT2D eigenvalue weighted by Gasteiger charge is 2.46. The van der Waals surface area contributed by atoms with Gasteiger partial charge in [0.25, 0.3) is 0 Å². The predicted molar refractivity (Wildman–Crippen MR) is 70.1 cm³/mol. The van der Waals surface area contributed by atoms with E-state index in [4.69, 9.17) is 0 Å². The average molecular weight is 295 g/mol. The summed E-state index contributed by atoms with van der Waals surface area (Å²) in [7, 11) is 0. The lowest BCUT2D eigenvalue weighted by molar-refractivity contribution is -0.218. The quantitative estimate of drug-likeness (QED) is 0.733. The van der Waals surface area contributed by atoms with Crippen LogP contribution in [0.15, 0.2) is 0 Å². The van der Waals surface area contributed by atoms with Gasteiger partial charge in [-0.15, -0.1) is 0 Å². The third-order valence-electron chi connectivity index (χ3n) is 3.85. The average Bonchev–Trinajstić information content (AvgIpc) is 2.85. The lowest BCUT2D eigenvalue weighted by Gasteiger charge is -2.21. The van der Waals surface area contributed by atoms with Gasteiger partial charge in [0, 0.05) is 25.4 Å². The lowest BCUT2D eigenvalue weighted by Crippen LogP contribution is -2.38. The molecule has 20 heavy (non-hydrogen) atoms. The van der Waals surface area contributed by atoms with Gasteiger partial charge >= 0.3 is 6.18 Å². The van der Waals surface area contributed by atoms with Crippen LogP contribution in [-0.2, 0) is 4.79 Å². The molecule has 0 aromatic rings. The number of aliphatic hydroxyl groups is 1. The van der Waals surface area contributed by atoms with Crippen LogP contribution in [0.2, 0.25) is 0 Å². The molecule has 0 bridgehead atoms. The molecule has 1 rings (SSSR count). The molecule has 6 heteroatoms. The molecule has 1 heterocycles. The van der Waals surface area contributed by atoms with Crippen molar-refractivity contribution in [1.29, 1.82) is 0 Å². The van der Waals surface area contributed by atoms with Crippen molar-refractivity contribution in [2.45, 2.75) is 64.1 Å². The van der Waals surface area contributed by atoms with Crippen LogP contribution in [-0.4, -0.2) is 41.3 Å². The molecule has 0 saturated carbocycles. The van der Waals surface area contributed by atoms with Gasteiger partial charge in [0.1, 0.15) is 0 Å². The minimum atomic E-state index is -4.59. The summed E-state index contributed by atoms with van der Waals surface area (Å²) in [6, 6.07) is 0. The zero-order valence-electron chi connectivity index (χ0n) is 12.0. The summed E-state index contributed by atoms with van der Waals surface area (Å²) in [5, 5.41) is 9.20. The summed E-state index contributed by atoms with van der Waals surface area (Å²) >= 11 is 0. The second-order valence-corrected chi connectivity index (χ2v) is 5.54. The number of amides is 1. The molecular formula is C14H24F3NO2. The predicted octanol–water partition coefficient (Wildman–Crippen LogP) is 3.12. The summed E-state index contributed by atoms with van der Waals surface area (Å²) in [4.78, 5) is 13.3. The van der Waals surface area contributed by atoms with Gasteiger partial charge in [-0.1, -0.05) is 32.6 Å². The highest BCUT2D eigenvalue weighted by atomic mass is 19.4. The van der Waals surface area contributed by atoms with E-state index in [1.54, 1.807) is 0 Å². The minimum Gasteiger partial charge on any atom is -0.383 e. The first-order valence-electron chi connectivity index (χ1n) is 7.38. The maximum atomic E-state index is 12.4. The number of carbonyl (C=O) groups is 1. The summed E-state index contributed by atoms with van der Waals surface area (Å²) in [5.41, 5.74) is 0. The number of hydrogen-bond donors (Lipinski definition) is 1. The monoisotopic (exact) mass is 295 g/mol. The molecule has 0 aliphatic carbocycles. The first-order chi connectivity index (χ1) is 9.36. The molecule has 1 fully saturated rings. The second-order valence-electron chi connectivity index (χ2n) is 5.54. The fraction of sp³-hybridized carbons (Fsp3) is 0.929. The third-order valence-corrected chi connectivity index (χ3v) is 3.85. The number of nitrogens with zero attached hydrogens (tertiary/aromatic N) is 1. The van der Waals surface area contributed by atoms with Gasteiger partial charge in [0.15, 0.2) is 6.10 Å². The lowest BCUT2D eigenvalue weighted by atomic mass is 10.0. The minimum absolute atomic E-state index is 0.0223. The number of unbranched alkanes of at least 4 members (excludes halogenated alkanes) is 4. The largest absolute Gasteiger partial charge is 0.414 e. The molecule has 0 aromatic carbocycles. The van der Waals surface area contributed by atoms with E-state index in [-0.39, 0.29) is 18.9 Å². The van der Waals surface area contributed by atoms with Gasteiger partial charge in [0.2, 0.25) is 5.91 Å². The molecule has 0 spiro atoms. The number of rotatable bonds is 7. The van der Waals surface area contributed by atoms with Crippen molar-refractivity contribution in [3.63, 3.8) is 0 Å². The molecule has 1 N–H and O–H groups in total. The van der Waals surface area contributed by atoms with Crippen molar-refractivity contribution in [1.82, 2.24) is 4.90 Å². The summed E-state index contributed by atoms with van der Waals surface area (Å²) < 4.78 is 37.2. The van der Waals surface area contributed by atoms with E-state index in [1.165, 1.54) is 4.90 Å². The van der Waals surface area contributed by atoms with Crippen LogP contribution < -0.4 is 0 Å². The molecule has 0 unspecified atom stereocenters. The number of halogens is 3. The summed E-state index contributed by atoms with van der Waals surface area (Å²) in [6.45, 7) is 2.46. The van der Waals surface area contributed by atoms with E-state index in [9.17, 15) is 23.1 Å². The third kappa shape index (κ3) is 5.31. The SMILES string of the molecule is CCCCCCCC(=O)N1CC[C@@H]([C@@H](O)C(F)(F)F)C1. The molecular weight excluding hydrogens is 271 g/mol. The zero-order valence-corrected chi connectivity index (χ0v) is 12.0. The topological polar surface area (TPSA) is 40.5 Å². The zero-order chi connectivity index (χ0) is 15.2. The van der Waals surface area contributed by atoms with Gasteiger partial charge in [-0.2, -0.15) is 13.2 Å². The number of aliphatic hydroxyl groups excluding tert-OH is 1. The van der Waals surface area contributed by atoms with Crippen molar-refractivity contribution < 1.29 is 23.1 Å². The van der Waals surface area contributed by atoms with Crippen LogP contribution >= 0.6 is 0 Å². The maximum Gasteiger partial charge on any atom is 0.414 e. The fourth-order valence-electron chi connectivity index (χ4n) is 2.58. The number of hydrogen-bond acceptors (Lipinski definition) is 2. The molecule has 1 aliphatic rings. The fourth-order valence-corrected chi connectivity index (χ4v) is 2.58. The van der Waals surface area contributed by atoms with Crippen LogP contribution in [0.4, 0.5) is 13.2 Å². The molecule has 118 valence electrons.